The van der Waals surface area contributed by atoms with Gasteiger partial charge < -0.3 is 21.5 Å². The van der Waals surface area contributed by atoms with E-state index < -0.39 is 0 Å². The maximum absolute atomic E-state index is 11.4. The van der Waals surface area contributed by atoms with Crippen molar-refractivity contribution in [3.05, 3.63) is 23.8 Å². The first kappa shape index (κ1) is 13.3. The highest BCUT2D eigenvalue weighted by Gasteiger charge is 2.06. The Bertz CT molecular complexity index is 391. The van der Waals surface area contributed by atoms with Gasteiger partial charge in [0.1, 0.15) is 0 Å². The highest BCUT2D eigenvalue weighted by Crippen LogP contribution is 2.20. The van der Waals surface area contributed by atoms with Gasteiger partial charge in [0, 0.05) is 19.2 Å². The number of nitrogens with one attached hydrogen (secondary N) is 2. The van der Waals surface area contributed by atoms with Crippen LogP contribution in [0.1, 0.15) is 23.7 Å². The minimum atomic E-state index is -0.356. The number of amides is 1. The number of carbonyl (C=O) groups is 1. The van der Waals surface area contributed by atoms with Gasteiger partial charge in [0.25, 0.3) is 5.91 Å². The molecule has 0 fully saturated rings. The van der Waals surface area contributed by atoms with E-state index >= 15 is 0 Å². The lowest BCUT2D eigenvalue weighted by Crippen LogP contribution is -2.18. The lowest BCUT2D eigenvalue weighted by atomic mass is 10.1. The van der Waals surface area contributed by atoms with Gasteiger partial charge in [-0.05, 0) is 31.5 Å². The molecule has 0 saturated carbocycles. The molecule has 1 aromatic rings. The Labute approximate surface area is 101 Å². The second kappa shape index (κ2) is 6.10. The fourth-order valence-corrected chi connectivity index (χ4v) is 1.41. The van der Waals surface area contributed by atoms with Crippen molar-refractivity contribution >= 4 is 17.3 Å². The summed E-state index contributed by atoms with van der Waals surface area (Å²) >= 11 is 0. The van der Waals surface area contributed by atoms with E-state index in [1.165, 1.54) is 0 Å². The van der Waals surface area contributed by atoms with E-state index in [0.717, 1.165) is 0 Å². The Kier molecular flexibility index (Phi) is 4.78. The number of aliphatic hydroxyl groups is 1. The zero-order valence-electron chi connectivity index (χ0n) is 10.2. The van der Waals surface area contributed by atoms with Crippen LogP contribution in [-0.2, 0) is 0 Å². The normalized spacial score (nSPS) is 11.9. The number of rotatable bonds is 5. The molecule has 0 saturated heterocycles. The number of anilines is 2. The van der Waals surface area contributed by atoms with Crippen molar-refractivity contribution in [2.45, 2.75) is 19.4 Å². The molecule has 1 amide bonds. The number of hydrogen-bond donors (Lipinski definition) is 4. The molecule has 0 aromatic heterocycles. The average molecular weight is 237 g/mol. The predicted octanol–water partition coefficient (Wildman–Crippen LogP) is 0.811. The first-order valence-electron chi connectivity index (χ1n) is 5.58. The van der Waals surface area contributed by atoms with Crippen molar-refractivity contribution in [2.24, 2.45) is 0 Å². The van der Waals surface area contributed by atoms with Crippen molar-refractivity contribution in [1.29, 1.82) is 0 Å². The fraction of sp³-hybridized carbons (Fsp3) is 0.417. The third-order valence-corrected chi connectivity index (χ3v) is 2.42. The summed E-state index contributed by atoms with van der Waals surface area (Å²) in [5.74, 6) is -0.149. The Morgan fingerprint density at radius 2 is 2.24 bits per heavy atom. The molecule has 0 radical (unpaired) electrons. The summed E-state index contributed by atoms with van der Waals surface area (Å²) in [7, 11) is 1.58. The summed E-state index contributed by atoms with van der Waals surface area (Å²) in [5.41, 5.74) is 7.65. The molecule has 1 rings (SSSR count). The van der Waals surface area contributed by atoms with E-state index in [0.29, 0.717) is 29.9 Å². The summed E-state index contributed by atoms with van der Waals surface area (Å²) in [4.78, 5) is 11.4. The average Bonchev–Trinajstić information content (AvgIpc) is 2.30. The largest absolute Gasteiger partial charge is 0.397 e. The van der Waals surface area contributed by atoms with Gasteiger partial charge in [0.2, 0.25) is 0 Å². The number of nitrogen functional groups attached to an aromatic ring is 1. The topological polar surface area (TPSA) is 87.4 Å². The fourth-order valence-electron chi connectivity index (χ4n) is 1.41. The quantitative estimate of drug-likeness (QED) is 0.571. The monoisotopic (exact) mass is 237 g/mol. The number of benzene rings is 1. The van der Waals surface area contributed by atoms with Crippen LogP contribution >= 0.6 is 0 Å². The van der Waals surface area contributed by atoms with Gasteiger partial charge in [0.15, 0.2) is 0 Å². The molecular formula is C12H19N3O2. The number of nitrogens with two attached hydrogens (primary N) is 1. The maximum Gasteiger partial charge on any atom is 0.251 e. The third kappa shape index (κ3) is 3.96. The Hall–Kier alpha value is -1.75. The van der Waals surface area contributed by atoms with E-state index in [4.69, 9.17) is 10.8 Å². The van der Waals surface area contributed by atoms with E-state index in [9.17, 15) is 4.79 Å². The maximum atomic E-state index is 11.4. The predicted molar refractivity (Wildman–Crippen MR) is 69.0 cm³/mol. The van der Waals surface area contributed by atoms with Gasteiger partial charge in [-0.15, -0.1) is 0 Å². The first-order valence-corrected chi connectivity index (χ1v) is 5.58. The number of aliphatic hydroxyl groups excluding tert-OH is 1. The van der Waals surface area contributed by atoms with Crippen molar-refractivity contribution < 1.29 is 9.90 Å². The van der Waals surface area contributed by atoms with Crippen molar-refractivity contribution in [2.75, 3.05) is 24.6 Å². The summed E-state index contributed by atoms with van der Waals surface area (Å²) in [6.07, 6.45) is 0.273. The molecule has 0 aliphatic rings. The van der Waals surface area contributed by atoms with Gasteiger partial charge in [-0.2, -0.15) is 0 Å². The van der Waals surface area contributed by atoms with Crippen LogP contribution in [0.5, 0.6) is 0 Å². The zero-order valence-corrected chi connectivity index (χ0v) is 10.2. The van der Waals surface area contributed by atoms with Gasteiger partial charge in [-0.25, -0.2) is 0 Å². The second-order valence-electron chi connectivity index (χ2n) is 3.95. The zero-order chi connectivity index (χ0) is 12.8. The van der Waals surface area contributed by atoms with E-state index in [1.807, 2.05) is 0 Å². The molecule has 1 atom stereocenters. The minimum absolute atomic E-state index is 0.149. The van der Waals surface area contributed by atoms with Gasteiger partial charge >= 0.3 is 0 Å². The highest BCUT2D eigenvalue weighted by molar-refractivity contribution is 5.96. The van der Waals surface area contributed by atoms with Crippen LogP contribution in [0.4, 0.5) is 11.4 Å². The lowest BCUT2D eigenvalue weighted by molar-refractivity contribution is 0.0963. The van der Waals surface area contributed by atoms with Gasteiger partial charge in [0.05, 0.1) is 17.5 Å². The van der Waals surface area contributed by atoms with Crippen LogP contribution in [0.25, 0.3) is 0 Å². The van der Waals surface area contributed by atoms with E-state index in [-0.39, 0.29) is 12.0 Å². The second-order valence-corrected chi connectivity index (χ2v) is 3.95. The van der Waals surface area contributed by atoms with Crippen molar-refractivity contribution in [3.8, 4) is 0 Å². The Morgan fingerprint density at radius 1 is 1.53 bits per heavy atom. The molecule has 1 aromatic carbocycles. The van der Waals surface area contributed by atoms with Crippen LogP contribution in [0, 0.1) is 0 Å². The Balaban J connectivity index is 2.73. The lowest BCUT2D eigenvalue weighted by Gasteiger charge is -2.11. The van der Waals surface area contributed by atoms with Crippen molar-refractivity contribution in [3.63, 3.8) is 0 Å². The van der Waals surface area contributed by atoms with Crippen LogP contribution in [-0.4, -0.2) is 30.7 Å². The first-order chi connectivity index (χ1) is 8.04. The molecule has 0 aliphatic heterocycles. The van der Waals surface area contributed by atoms with E-state index in [2.05, 4.69) is 10.6 Å². The molecule has 0 bridgehead atoms. The number of carbonyl (C=O) groups excluding carboxylic acids is 1. The summed E-state index contributed by atoms with van der Waals surface area (Å²) in [6, 6.07) is 5.07. The molecular weight excluding hydrogens is 218 g/mol. The molecule has 0 spiro atoms. The summed E-state index contributed by atoms with van der Waals surface area (Å²) in [5, 5.41) is 14.8. The van der Waals surface area contributed by atoms with Gasteiger partial charge in [-0.1, -0.05) is 0 Å². The van der Waals surface area contributed by atoms with Crippen molar-refractivity contribution in [1.82, 2.24) is 5.32 Å². The molecule has 0 aliphatic carbocycles. The van der Waals surface area contributed by atoms with Crippen LogP contribution in [0.3, 0.4) is 0 Å². The number of hydrogen-bond acceptors (Lipinski definition) is 4. The van der Waals surface area contributed by atoms with Crippen LogP contribution in [0.2, 0.25) is 0 Å². The Morgan fingerprint density at radius 3 is 2.82 bits per heavy atom. The van der Waals surface area contributed by atoms with E-state index in [1.54, 1.807) is 32.2 Å². The SMILES string of the molecule is CNC(=O)c1ccc(N)c(NCCC(C)O)c1. The van der Waals surface area contributed by atoms with Crippen LogP contribution < -0.4 is 16.4 Å². The smallest absolute Gasteiger partial charge is 0.251 e. The molecule has 1 unspecified atom stereocenters. The molecule has 0 heterocycles. The molecule has 94 valence electrons. The molecule has 5 nitrogen and oxygen atoms in total. The standard InChI is InChI=1S/C12H19N3O2/c1-8(16)5-6-15-11-7-9(12(17)14-2)3-4-10(11)13/h3-4,7-8,15-16H,5-6,13H2,1-2H3,(H,14,17). The summed E-state index contributed by atoms with van der Waals surface area (Å²) < 4.78 is 0. The third-order valence-electron chi connectivity index (χ3n) is 2.42. The molecule has 17 heavy (non-hydrogen) atoms. The molecule has 5 N–H and O–H groups in total. The van der Waals surface area contributed by atoms with Crippen LogP contribution in [0.15, 0.2) is 18.2 Å². The molecule has 5 heteroatoms. The highest BCUT2D eigenvalue weighted by atomic mass is 16.3. The van der Waals surface area contributed by atoms with Gasteiger partial charge in [-0.3, -0.25) is 4.79 Å². The minimum Gasteiger partial charge on any atom is -0.397 e. The summed E-state index contributed by atoms with van der Waals surface area (Å²) in [6.45, 7) is 2.34.